The molecule has 0 saturated carbocycles. The van der Waals surface area contributed by atoms with Crippen LogP contribution in [-0.4, -0.2) is 59.0 Å². The topological polar surface area (TPSA) is 71.5 Å². The molecular formula is C16H17F2N5O2. The van der Waals surface area contributed by atoms with Gasteiger partial charge in [0.15, 0.2) is 0 Å². The molecule has 0 aromatic carbocycles. The highest BCUT2D eigenvalue weighted by Gasteiger charge is 2.27. The van der Waals surface area contributed by atoms with E-state index in [0.717, 1.165) is 0 Å². The molecule has 1 fully saturated rings. The summed E-state index contributed by atoms with van der Waals surface area (Å²) in [5.41, 5.74) is -0.533. The number of carbonyl (C=O) groups is 1. The van der Waals surface area contributed by atoms with E-state index in [0.29, 0.717) is 38.0 Å². The van der Waals surface area contributed by atoms with Gasteiger partial charge >= 0.3 is 0 Å². The second-order valence-electron chi connectivity index (χ2n) is 5.42. The van der Waals surface area contributed by atoms with Gasteiger partial charge < -0.3 is 14.5 Å². The maximum Gasteiger partial charge on any atom is 0.273 e. The third kappa shape index (κ3) is 3.65. The Morgan fingerprint density at radius 3 is 2.60 bits per heavy atom. The van der Waals surface area contributed by atoms with Crippen molar-refractivity contribution >= 4 is 11.9 Å². The Labute approximate surface area is 143 Å². The van der Waals surface area contributed by atoms with Crippen LogP contribution in [0.4, 0.5) is 14.7 Å². The molecule has 0 atom stereocenters. The zero-order valence-electron chi connectivity index (χ0n) is 13.6. The predicted molar refractivity (Wildman–Crippen MR) is 85.9 cm³/mol. The van der Waals surface area contributed by atoms with Crippen molar-refractivity contribution in [1.82, 2.24) is 19.9 Å². The summed E-state index contributed by atoms with van der Waals surface area (Å²) in [5.74, 6) is 0.484. The lowest BCUT2D eigenvalue weighted by Crippen LogP contribution is -2.49. The number of rotatable bonds is 4. The summed E-state index contributed by atoms with van der Waals surface area (Å²) < 4.78 is 31.2. The maximum absolute atomic E-state index is 13.1. The number of halogens is 2. The Morgan fingerprint density at radius 2 is 1.92 bits per heavy atom. The Morgan fingerprint density at radius 1 is 1.16 bits per heavy atom. The van der Waals surface area contributed by atoms with E-state index in [1.807, 2.05) is 4.90 Å². The van der Waals surface area contributed by atoms with Crippen LogP contribution in [0.5, 0.6) is 5.88 Å². The third-order valence-corrected chi connectivity index (χ3v) is 3.95. The molecule has 1 aliphatic heterocycles. The minimum atomic E-state index is -2.74. The first-order chi connectivity index (χ1) is 12.1. The molecule has 9 heteroatoms. The molecule has 0 N–H and O–H groups in total. The van der Waals surface area contributed by atoms with E-state index in [1.165, 1.54) is 30.3 Å². The number of amides is 1. The molecule has 1 aliphatic rings. The first-order valence-corrected chi connectivity index (χ1v) is 7.74. The van der Waals surface area contributed by atoms with Crippen molar-refractivity contribution in [3.63, 3.8) is 0 Å². The van der Waals surface area contributed by atoms with Gasteiger partial charge in [-0.1, -0.05) is 0 Å². The van der Waals surface area contributed by atoms with Crippen LogP contribution < -0.4 is 9.64 Å². The molecule has 1 saturated heterocycles. The first kappa shape index (κ1) is 17.0. The lowest BCUT2D eigenvalue weighted by molar-refractivity contribution is 0.0727. The van der Waals surface area contributed by atoms with E-state index in [9.17, 15) is 13.6 Å². The smallest absolute Gasteiger partial charge is 0.273 e. The lowest BCUT2D eigenvalue weighted by Gasteiger charge is -2.34. The Balaban J connectivity index is 1.69. The number of nitrogens with zero attached hydrogens (tertiary/aromatic N) is 5. The van der Waals surface area contributed by atoms with Crippen LogP contribution in [0.3, 0.4) is 0 Å². The zero-order valence-corrected chi connectivity index (χ0v) is 13.6. The van der Waals surface area contributed by atoms with Crippen molar-refractivity contribution < 1.29 is 18.3 Å². The number of alkyl halides is 2. The summed E-state index contributed by atoms with van der Waals surface area (Å²) in [5, 5.41) is 0. The van der Waals surface area contributed by atoms with E-state index < -0.39 is 12.3 Å². The molecule has 0 unspecified atom stereocenters. The van der Waals surface area contributed by atoms with Gasteiger partial charge in [-0.3, -0.25) is 9.78 Å². The summed E-state index contributed by atoms with van der Waals surface area (Å²) in [6, 6.07) is 4.28. The molecule has 3 rings (SSSR count). The number of ether oxygens (including phenoxy) is 1. The van der Waals surface area contributed by atoms with Crippen LogP contribution in [0.1, 0.15) is 22.5 Å². The van der Waals surface area contributed by atoms with Gasteiger partial charge in [0.1, 0.15) is 5.69 Å². The Hall–Kier alpha value is -2.84. The second kappa shape index (κ2) is 7.37. The van der Waals surface area contributed by atoms with Crippen molar-refractivity contribution in [2.75, 3.05) is 38.2 Å². The highest BCUT2D eigenvalue weighted by atomic mass is 19.3. The summed E-state index contributed by atoms with van der Waals surface area (Å²) in [6.07, 6.45) is 0.208. The van der Waals surface area contributed by atoms with Gasteiger partial charge in [-0.25, -0.2) is 13.8 Å². The average Bonchev–Trinajstić information content (AvgIpc) is 2.67. The van der Waals surface area contributed by atoms with Gasteiger partial charge in [0.2, 0.25) is 11.8 Å². The SMILES string of the molecule is COc1ccnc(N2CCN(C(=O)c3ncccc3C(F)F)CC2)n1. The van der Waals surface area contributed by atoms with Crippen LogP contribution in [-0.2, 0) is 0 Å². The number of hydrogen-bond donors (Lipinski definition) is 0. The van der Waals surface area contributed by atoms with E-state index >= 15 is 0 Å². The van der Waals surface area contributed by atoms with Crippen molar-refractivity contribution in [2.24, 2.45) is 0 Å². The van der Waals surface area contributed by atoms with Crippen molar-refractivity contribution in [2.45, 2.75) is 6.43 Å². The standard InChI is InChI=1S/C16H17F2N5O2/c1-25-12-4-6-20-16(21-12)23-9-7-22(8-10-23)15(24)13-11(14(17)18)3-2-5-19-13/h2-6,14H,7-10H2,1H3. The van der Waals surface area contributed by atoms with Gasteiger partial charge in [0, 0.05) is 50.2 Å². The summed E-state index contributed by atoms with van der Waals surface area (Å²) in [7, 11) is 1.52. The fraction of sp³-hybridized carbons (Fsp3) is 0.375. The van der Waals surface area contributed by atoms with Crippen LogP contribution in [0.25, 0.3) is 0 Å². The van der Waals surface area contributed by atoms with Crippen molar-refractivity contribution in [3.05, 3.63) is 41.9 Å². The fourth-order valence-corrected chi connectivity index (χ4v) is 2.63. The van der Waals surface area contributed by atoms with E-state index in [1.54, 1.807) is 12.3 Å². The summed E-state index contributed by atoms with van der Waals surface area (Å²) >= 11 is 0. The van der Waals surface area contributed by atoms with Gasteiger partial charge in [-0.2, -0.15) is 4.98 Å². The third-order valence-electron chi connectivity index (χ3n) is 3.95. The molecule has 2 aromatic heterocycles. The monoisotopic (exact) mass is 349 g/mol. The molecule has 2 aromatic rings. The lowest BCUT2D eigenvalue weighted by atomic mass is 10.1. The highest BCUT2D eigenvalue weighted by Crippen LogP contribution is 2.23. The Bertz CT molecular complexity index is 751. The van der Waals surface area contributed by atoms with Crippen LogP contribution in [0.15, 0.2) is 30.6 Å². The van der Waals surface area contributed by atoms with Crippen LogP contribution in [0.2, 0.25) is 0 Å². The van der Waals surface area contributed by atoms with E-state index in [2.05, 4.69) is 15.0 Å². The predicted octanol–water partition coefficient (Wildman–Crippen LogP) is 1.78. The van der Waals surface area contributed by atoms with Crippen molar-refractivity contribution in [1.29, 1.82) is 0 Å². The number of piperazine rings is 1. The van der Waals surface area contributed by atoms with Crippen molar-refractivity contribution in [3.8, 4) is 5.88 Å². The molecule has 0 bridgehead atoms. The minimum absolute atomic E-state index is 0.191. The summed E-state index contributed by atoms with van der Waals surface area (Å²) in [4.78, 5) is 28.3. The average molecular weight is 349 g/mol. The molecular weight excluding hydrogens is 332 g/mol. The number of aromatic nitrogens is 3. The summed E-state index contributed by atoms with van der Waals surface area (Å²) in [6.45, 7) is 1.74. The fourth-order valence-electron chi connectivity index (χ4n) is 2.63. The molecule has 3 heterocycles. The number of pyridine rings is 1. The Kier molecular flexibility index (Phi) is 5.01. The molecule has 0 aliphatic carbocycles. The molecule has 1 amide bonds. The molecule has 7 nitrogen and oxygen atoms in total. The van der Waals surface area contributed by atoms with Crippen LogP contribution in [0, 0.1) is 0 Å². The number of anilines is 1. The van der Waals surface area contributed by atoms with Gasteiger partial charge in [-0.15, -0.1) is 0 Å². The molecule has 0 radical (unpaired) electrons. The highest BCUT2D eigenvalue weighted by molar-refractivity contribution is 5.94. The van der Waals surface area contributed by atoms with Gasteiger partial charge in [-0.05, 0) is 12.1 Å². The maximum atomic E-state index is 13.1. The first-order valence-electron chi connectivity index (χ1n) is 7.74. The number of methoxy groups -OCH3 is 1. The molecule has 25 heavy (non-hydrogen) atoms. The van der Waals surface area contributed by atoms with Crippen LogP contribution >= 0.6 is 0 Å². The van der Waals surface area contributed by atoms with Gasteiger partial charge in [0.05, 0.1) is 7.11 Å². The number of hydrogen-bond acceptors (Lipinski definition) is 6. The zero-order chi connectivity index (χ0) is 17.8. The van der Waals surface area contributed by atoms with E-state index in [-0.39, 0.29) is 11.3 Å². The number of carbonyl (C=O) groups excluding carboxylic acids is 1. The molecule has 132 valence electrons. The largest absolute Gasteiger partial charge is 0.481 e. The van der Waals surface area contributed by atoms with E-state index in [4.69, 9.17) is 4.74 Å². The minimum Gasteiger partial charge on any atom is -0.481 e. The second-order valence-corrected chi connectivity index (χ2v) is 5.42. The molecule has 0 spiro atoms. The normalized spacial score (nSPS) is 14.7. The quantitative estimate of drug-likeness (QED) is 0.838. The van der Waals surface area contributed by atoms with Gasteiger partial charge in [0.25, 0.3) is 12.3 Å².